The third-order valence-electron chi connectivity index (χ3n) is 3.95. The minimum absolute atomic E-state index is 0.315. The molecule has 0 saturated heterocycles. The molecule has 1 heterocycles. The second-order valence-corrected chi connectivity index (χ2v) is 5.25. The van der Waals surface area contributed by atoms with E-state index in [4.69, 9.17) is 4.74 Å². The maximum atomic E-state index is 13.3. The molecule has 106 valence electrons. The van der Waals surface area contributed by atoms with Crippen molar-refractivity contribution in [3.05, 3.63) is 47.0 Å². The van der Waals surface area contributed by atoms with Crippen LogP contribution in [0.1, 0.15) is 35.9 Å². The van der Waals surface area contributed by atoms with Crippen molar-refractivity contribution in [1.82, 2.24) is 4.57 Å². The summed E-state index contributed by atoms with van der Waals surface area (Å²) in [5, 5.41) is 10.1. The van der Waals surface area contributed by atoms with Gasteiger partial charge in [0.1, 0.15) is 11.6 Å². The second-order valence-electron chi connectivity index (χ2n) is 5.25. The van der Waals surface area contributed by atoms with Crippen molar-refractivity contribution >= 4 is 0 Å². The van der Waals surface area contributed by atoms with E-state index in [0.717, 1.165) is 41.9 Å². The zero-order valence-electron chi connectivity index (χ0n) is 11.7. The lowest BCUT2D eigenvalue weighted by molar-refractivity contribution is 0.156. The minimum Gasteiger partial charge on any atom is -0.494 e. The first-order valence-corrected chi connectivity index (χ1v) is 6.85. The van der Waals surface area contributed by atoms with E-state index in [2.05, 4.69) is 4.57 Å². The van der Waals surface area contributed by atoms with E-state index in [1.54, 1.807) is 13.2 Å². The molecule has 1 aromatic heterocycles. The molecule has 4 heteroatoms. The van der Waals surface area contributed by atoms with E-state index in [9.17, 15) is 9.50 Å². The summed E-state index contributed by atoms with van der Waals surface area (Å²) in [6.45, 7) is 1.99. The smallest absolute Gasteiger partial charge is 0.145 e. The largest absolute Gasteiger partial charge is 0.494 e. The number of nitrogens with zero attached hydrogens (tertiary/aromatic N) is 1. The summed E-state index contributed by atoms with van der Waals surface area (Å²) in [6.07, 6.45) is 2.28. The van der Waals surface area contributed by atoms with Crippen LogP contribution >= 0.6 is 0 Å². The monoisotopic (exact) mass is 275 g/mol. The Labute approximate surface area is 117 Å². The van der Waals surface area contributed by atoms with Crippen LogP contribution in [0.25, 0.3) is 5.69 Å². The molecule has 1 unspecified atom stereocenters. The first kappa shape index (κ1) is 13.2. The molecular formula is C16H18FNO2. The maximum absolute atomic E-state index is 13.3. The van der Waals surface area contributed by atoms with E-state index in [0.29, 0.717) is 5.75 Å². The fourth-order valence-corrected chi connectivity index (χ4v) is 3.05. The summed E-state index contributed by atoms with van der Waals surface area (Å²) in [4.78, 5) is 0. The van der Waals surface area contributed by atoms with Crippen molar-refractivity contribution < 1.29 is 14.2 Å². The topological polar surface area (TPSA) is 34.4 Å². The van der Waals surface area contributed by atoms with E-state index in [-0.39, 0.29) is 5.82 Å². The van der Waals surface area contributed by atoms with Gasteiger partial charge in [-0.1, -0.05) is 0 Å². The molecule has 0 aliphatic heterocycles. The third kappa shape index (κ3) is 2.00. The zero-order chi connectivity index (χ0) is 14.3. The van der Waals surface area contributed by atoms with Gasteiger partial charge in [0.25, 0.3) is 0 Å². The highest BCUT2D eigenvalue weighted by molar-refractivity contribution is 5.52. The van der Waals surface area contributed by atoms with Crippen LogP contribution < -0.4 is 4.74 Å². The van der Waals surface area contributed by atoms with Crippen molar-refractivity contribution in [2.24, 2.45) is 0 Å². The summed E-state index contributed by atoms with van der Waals surface area (Å²) in [5.41, 5.74) is 3.94. The number of aryl methyl sites for hydroxylation is 1. The molecule has 2 aromatic rings. The van der Waals surface area contributed by atoms with Gasteiger partial charge in [0, 0.05) is 23.0 Å². The van der Waals surface area contributed by atoms with Crippen LogP contribution in [0, 0.1) is 12.7 Å². The molecule has 0 radical (unpaired) electrons. The van der Waals surface area contributed by atoms with Gasteiger partial charge in [0.05, 0.1) is 18.9 Å². The molecule has 3 nitrogen and oxygen atoms in total. The number of benzene rings is 1. The van der Waals surface area contributed by atoms with Gasteiger partial charge >= 0.3 is 0 Å². The lowest BCUT2D eigenvalue weighted by atomic mass is 9.95. The Hall–Kier alpha value is -1.81. The van der Waals surface area contributed by atoms with Gasteiger partial charge in [0.2, 0.25) is 0 Å². The number of halogens is 1. The average Bonchev–Trinajstić information content (AvgIpc) is 2.77. The van der Waals surface area contributed by atoms with Crippen molar-refractivity contribution in [1.29, 1.82) is 0 Å². The second kappa shape index (κ2) is 4.94. The van der Waals surface area contributed by atoms with E-state index < -0.39 is 6.10 Å². The number of rotatable bonds is 2. The molecule has 1 aromatic carbocycles. The first-order chi connectivity index (χ1) is 9.61. The summed E-state index contributed by atoms with van der Waals surface area (Å²) in [7, 11) is 1.54. The fraction of sp³-hybridized carbons (Fsp3) is 0.375. The van der Waals surface area contributed by atoms with Crippen LogP contribution in [-0.4, -0.2) is 16.8 Å². The lowest BCUT2D eigenvalue weighted by Gasteiger charge is -2.21. The Morgan fingerprint density at radius 3 is 2.90 bits per heavy atom. The number of fused-ring (bicyclic) bond motifs is 1. The van der Waals surface area contributed by atoms with Gasteiger partial charge in [-0.25, -0.2) is 4.39 Å². The number of aromatic nitrogens is 1. The highest BCUT2D eigenvalue weighted by Gasteiger charge is 2.24. The third-order valence-corrected chi connectivity index (χ3v) is 3.95. The molecule has 1 aliphatic carbocycles. The van der Waals surface area contributed by atoms with Gasteiger partial charge in [-0.05, 0) is 44.4 Å². The van der Waals surface area contributed by atoms with Gasteiger partial charge in [0.15, 0.2) is 0 Å². The molecular weight excluding hydrogens is 257 g/mol. The van der Waals surface area contributed by atoms with Gasteiger partial charge in [-0.15, -0.1) is 0 Å². The Morgan fingerprint density at radius 1 is 1.35 bits per heavy atom. The minimum atomic E-state index is -0.398. The normalized spacial score (nSPS) is 17.9. The molecule has 1 atom stereocenters. The van der Waals surface area contributed by atoms with Crippen LogP contribution in [0.2, 0.25) is 0 Å². The first-order valence-electron chi connectivity index (χ1n) is 6.85. The van der Waals surface area contributed by atoms with E-state index in [1.165, 1.54) is 12.1 Å². The van der Waals surface area contributed by atoms with E-state index >= 15 is 0 Å². The highest BCUT2D eigenvalue weighted by Crippen LogP contribution is 2.36. The molecule has 20 heavy (non-hydrogen) atoms. The number of ether oxygens (including phenoxy) is 1. The molecule has 1 aliphatic rings. The van der Waals surface area contributed by atoms with Crippen molar-refractivity contribution in [2.45, 2.75) is 32.3 Å². The molecule has 0 spiro atoms. The summed E-state index contributed by atoms with van der Waals surface area (Å²) in [6, 6.07) is 6.56. The standard InChI is InChI=1S/C16H18FNO2/c1-10-8-12-13(4-3-5-15(12)19)18(10)14-7-6-11(17)9-16(14)20-2/h6-9,15,19H,3-5H2,1-2H3. The number of hydrogen-bond donors (Lipinski definition) is 1. The maximum Gasteiger partial charge on any atom is 0.145 e. The van der Waals surface area contributed by atoms with Gasteiger partial charge < -0.3 is 14.4 Å². The number of aliphatic hydroxyl groups excluding tert-OH is 1. The molecule has 0 saturated carbocycles. The van der Waals surface area contributed by atoms with Gasteiger partial charge in [-0.2, -0.15) is 0 Å². The predicted octanol–water partition coefficient (Wildman–Crippen LogP) is 3.30. The van der Waals surface area contributed by atoms with Crippen LogP contribution in [0.3, 0.4) is 0 Å². The fourth-order valence-electron chi connectivity index (χ4n) is 3.05. The summed E-state index contributed by atoms with van der Waals surface area (Å²) in [5.74, 6) is 0.191. The van der Waals surface area contributed by atoms with E-state index in [1.807, 2.05) is 13.0 Å². The number of aliphatic hydroxyl groups is 1. The molecule has 0 fully saturated rings. The quantitative estimate of drug-likeness (QED) is 0.912. The van der Waals surface area contributed by atoms with Crippen LogP contribution in [0.5, 0.6) is 5.75 Å². The van der Waals surface area contributed by atoms with Crippen molar-refractivity contribution in [2.75, 3.05) is 7.11 Å². The van der Waals surface area contributed by atoms with Crippen LogP contribution in [-0.2, 0) is 6.42 Å². The van der Waals surface area contributed by atoms with Crippen LogP contribution in [0.4, 0.5) is 4.39 Å². The van der Waals surface area contributed by atoms with Crippen LogP contribution in [0.15, 0.2) is 24.3 Å². The Kier molecular flexibility index (Phi) is 3.26. The number of methoxy groups -OCH3 is 1. The number of hydrogen-bond acceptors (Lipinski definition) is 2. The van der Waals surface area contributed by atoms with Crippen molar-refractivity contribution in [3.8, 4) is 11.4 Å². The average molecular weight is 275 g/mol. The molecule has 0 bridgehead atoms. The lowest BCUT2D eigenvalue weighted by Crippen LogP contribution is -2.12. The molecule has 1 N–H and O–H groups in total. The molecule has 3 rings (SSSR count). The Morgan fingerprint density at radius 2 is 2.15 bits per heavy atom. The molecule has 0 amide bonds. The SMILES string of the molecule is COc1cc(F)ccc1-n1c(C)cc2c1CCCC2O. The highest BCUT2D eigenvalue weighted by atomic mass is 19.1. The van der Waals surface area contributed by atoms with Gasteiger partial charge in [-0.3, -0.25) is 0 Å². The Bertz CT molecular complexity index is 648. The predicted molar refractivity (Wildman–Crippen MR) is 74.9 cm³/mol. The summed E-state index contributed by atoms with van der Waals surface area (Å²) >= 11 is 0. The zero-order valence-corrected chi connectivity index (χ0v) is 11.7. The van der Waals surface area contributed by atoms with Crippen molar-refractivity contribution in [3.63, 3.8) is 0 Å². The summed E-state index contributed by atoms with van der Waals surface area (Å²) < 4.78 is 20.7. The Balaban J connectivity index is 2.20.